The lowest BCUT2D eigenvalue weighted by atomic mass is 9.99. The zero-order valence-corrected chi connectivity index (χ0v) is 11.6. The minimum absolute atomic E-state index is 0.00518. The summed E-state index contributed by atoms with van der Waals surface area (Å²) in [6.45, 7) is 0. The van der Waals surface area contributed by atoms with Crippen molar-refractivity contribution in [2.24, 2.45) is 4.99 Å². The Bertz CT molecular complexity index is 652. The normalized spacial score (nSPS) is 11.1. The smallest absolute Gasteiger partial charge is 0.1000 e. The van der Waals surface area contributed by atoms with E-state index < -0.39 is 0 Å². The minimum Gasteiger partial charge on any atom is -0.278 e. The van der Waals surface area contributed by atoms with Crippen LogP contribution in [0.4, 0.5) is 0 Å². The van der Waals surface area contributed by atoms with E-state index >= 15 is 0 Å². The first-order valence-corrected chi connectivity index (χ1v) is 6.97. The van der Waals surface area contributed by atoms with Crippen LogP contribution in [0.5, 0.6) is 0 Å². The average molecular weight is 272 g/mol. The molecule has 0 aliphatic carbocycles. The predicted molar refractivity (Wildman–Crippen MR) is 86.6 cm³/mol. The van der Waals surface area contributed by atoms with Gasteiger partial charge >= 0.3 is 0 Å². The second kappa shape index (κ2) is 6.62. The van der Waals surface area contributed by atoms with E-state index in [1.807, 2.05) is 60.8 Å². The minimum atomic E-state index is -0.00518. The number of pyridine rings is 1. The zero-order valence-electron chi connectivity index (χ0n) is 11.6. The lowest BCUT2D eigenvalue weighted by Crippen LogP contribution is -1.99. The molecule has 0 bridgehead atoms. The molecule has 0 radical (unpaired) electrons. The molecule has 0 N–H and O–H groups in total. The third-order valence-corrected chi connectivity index (χ3v) is 3.27. The van der Waals surface area contributed by atoms with Gasteiger partial charge in [0.05, 0.1) is 11.7 Å². The molecule has 0 fully saturated rings. The highest BCUT2D eigenvalue weighted by Gasteiger charge is 2.11. The van der Waals surface area contributed by atoms with Gasteiger partial charge in [-0.05, 0) is 23.3 Å². The van der Waals surface area contributed by atoms with E-state index in [2.05, 4.69) is 29.2 Å². The van der Waals surface area contributed by atoms with Crippen LogP contribution in [0.25, 0.3) is 0 Å². The van der Waals surface area contributed by atoms with Gasteiger partial charge in [-0.25, -0.2) is 0 Å². The summed E-state index contributed by atoms with van der Waals surface area (Å²) >= 11 is 0. The van der Waals surface area contributed by atoms with E-state index in [9.17, 15) is 0 Å². The van der Waals surface area contributed by atoms with E-state index in [1.54, 1.807) is 6.20 Å². The summed E-state index contributed by atoms with van der Waals surface area (Å²) in [5.74, 6) is 0. The fourth-order valence-corrected chi connectivity index (χ4v) is 2.24. The van der Waals surface area contributed by atoms with Gasteiger partial charge < -0.3 is 0 Å². The van der Waals surface area contributed by atoms with Crippen molar-refractivity contribution in [2.75, 3.05) is 0 Å². The number of rotatable bonds is 4. The Balaban J connectivity index is 1.96. The first kappa shape index (κ1) is 13.3. The second-order valence-electron chi connectivity index (χ2n) is 4.76. The van der Waals surface area contributed by atoms with Crippen molar-refractivity contribution in [3.05, 3.63) is 102 Å². The monoisotopic (exact) mass is 272 g/mol. The highest BCUT2D eigenvalue weighted by atomic mass is 14.8. The largest absolute Gasteiger partial charge is 0.278 e. The van der Waals surface area contributed by atoms with Crippen LogP contribution in [0, 0.1) is 0 Å². The van der Waals surface area contributed by atoms with E-state index in [1.165, 1.54) is 11.1 Å². The van der Waals surface area contributed by atoms with E-state index in [4.69, 9.17) is 4.99 Å². The van der Waals surface area contributed by atoms with Crippen molar-refractivity contribution in [1.82, 2.24) is 4.98 Å². The van der Waals surface area contributed by atoms with Crippen LogP contribution in [-0.4, -0.2) is 11.2 Å². The van der Waals surface area contributed by atoms with Gasteiger partial charge in [-0.1, -0.05) is 66.7 Å². The summed E-state index contributed by atoms with van der Waals surface area (Å²) in [5.41, 5.74) is 3.22. The van der Waals surface area contributed by atoms with Crippen molar-refractivity contribution >= 4 is 6.21 Å². The maximum atomic E-state index is 4.75. The molecular weight excluding hydrogens is 256 g/mol. The Morgan fingerprint density at radius 2 is 1.29 bits per heavy atom. The summed E-state index contributed by atoms with van der Waals surface area (Å²) in [6, 6.07) is 26.5. The molecule has 0 aliphatic rings. The first-order chi connectivity index (χ1) is 10.4. The molecule has 0 amide bonds. The van der Waals surface area contributed by atoms with Crippen molar-refractivity contribution < 1.29 is 0 Å². The number of aliphatic imine (C=N–C) groups is 1. The molecule has 3 rings (SSSR count). The Morgan fingerprint density at radius 3 is 1.81 bits per heavy atom. The molecule has 0 saturated carbocycles. The SMILES string of the molecule is C(=N\C(c1ccccc1)c1ccccc1)/c1ccccn1. The number of aromatic nitrogens is 1. The maximum Gasteiger partial charge on any atom is 0.1000 e. The molecule has 1 aromatic heterocycles. The van der Waals surface area contributed by atoms with Crippen LogP contribution in [0.3, 0.4) is 0 Å². The third kappa shape index (κ3) is 3.42. The summed E-state index contributed by atoms with van der Waals surface area (Å²) < 4.78 is 0. The molecule has 0 atom stereocenters. The summed E-state index contributed by atoms with van der Waals surface area (Å²) in [4.78, 5) is 9.04. The maximum absolute atomic E-state index is 4.75. The van der Waals surface area contributed by atoms with Gasteiger partial charge in [0.1, 0.15) is 0 Å². The predicted octanol–water partition coefficient (Wildman–Crippen LogP) is 4.29. The van der Waals surface area contributed by atoms with Crippen LogP contribution >= 0.6 is 0 Å². The molecule has 0 unspecified atom stereocenters. The number of benzene rings is 2. The van der Waals surface area contributed by atoms with Gasteiger partial charge in [0.2, 0.25) is 0 Å². The Hall–Kier alpha value is -2.74. The zero-order chi connectivity index (χ0) is 14.3. The van der Waals surface area contributed by atoms with E-state index in [0.29, 0.717) is 0 Å². The Labute approximate surface area is 124 Å². The highest BCUT2D eigenvalue weighted by Crippen LogP contribution is 2.25. The Morgan fingerprint density at radius 1 is 0.714 bits per heavy atom. The van der Waals surface area contributed by atoms with Crippen LogP contribution in [0.2, 0.25) is 0 Å². The number of nitrogens with zero attached hydrogens (tertiary/aromatic N) is 2. The van der Waals surface area contributed by atoms with Gasteiger partial charge in [-0.3, -0.25) is 9.98 Å². The average Bonchev–Trinajstić information content (AvgIpc) is 2.58. The molecular formula is C19H16N2. The third-order valence-electron chi connectivity index (χ3n) is 3.27. The molecule has 21 heavy (non-hydrogen) atoms. The van der Waals surface area contributed by atoms with Gasteiger partial charge in [0, 0.05) is 12.4 Å². The van der Waals surface area contributed by atoms with Crippen molar-refractivity contribution in [2.45, 2.75) is 6.04 Å². The van der Waals surface area contributed by atoms with Crippen molar-refractivity contribution in [3.63, 3.8) is 0 Å². The van der Waals surface area contributed by atoms with Crippen LogP contribution in [-0.2, 0) is 0 Å². The van der Waals surface area contributed by atoms with Gasteiger partial charge in [0.15, 0.2) is 0 Å². The quantitative estimate of drug-likeness (QED) is 0.650. The molecule has 3 aromatic rings. The molecule has 1 heterocycles. The van der Waals surface area contributed by atoms with Crippen molar-refractivity contribution in [3.8, 4) is 0 Å². The molecule has 102 valence electrons. The Kier molecular flexibility index (Phi) is 4.18. The molecule has 0 saturated heterocycles. The number of hydrogen-bond acceptors (Lipinski definition) is 2. The topological polar surface area (TPSA) is 25.2 Å². The lowest BCUT2D eigenvalue weighted by molar-refractivity contribution is 0.877. The fourth-order valence-electron chi connectivity index (χ4n) is 2.24. The molecule has 2 aromatic carbocycles. The van der Waals surface area contributed by atoms with Crippen LogP contribution < -0.4 is 0 Å². The van der Waals surface area contributed by atoms with E-state index in [-0.39, 0.29) is 6.04 Å². The van der Waals surface area contributed by atoms with Crippen LogP contribution in [0.15, 0.2) is 90.1 Å². The second-order valence-corrected chi connectivity index (χ2v) is 4.76. The molecule has 2 heteroatoms. The fraction of sp³-hybridized carbons (Fsp3) is 0.0526. The van der Waals surface area contributed by atoms with Gasteiger partial charge in [-0.2, -0.15) is 0 Å². The lowest BCUT2D eigenvalue weighted by Gasteiger charge is -2.13. The molecule has 2 nitrogen and oxygen atoms in total. The molecule has 0 aliphatic heterocycles. The number of hydrogen-bond donors (Lipinski definition) is 0. The molecule has 0 spiro atoms. The summed E-state index contributed by atoms with van der Waals surface area (Å²) in [5, 5.41) is 0. The summed E-state index contributed by atoms with van der Waals surface area (Å²) in [6.07, 6.45) is 3.62. The standard InChI is InChI=1S/C19H16N2/c1-3-9-16(10-4-1)19(17-11-5-2-6-12-17)21-15-18-13-7-8-14-20-18/h1-15,19H/b21-15+. The highest BCUT2D eigenvalue weighted by molar-refractivity contribution is 5.77. The summed E-state index contributed by atoms with van der Waals surface area (Å²) in [7, 11) is 0. The van der Waals surface area contributed by atoms with Gasteiger partial charge in [-0.15, -0.1) is 0 Å². The van der Waals surface area contributed by atoms with Crippen molar-refractivity contribution in [1.29, 1.82) is 0 Å². The van der Waals surface area contributed by atoms with E-state index in [0.717, 1.165) is 5.69 Å². The first-order valence-electron chi connectivity index (χ1n) is 6.97. The van der Waals surface area contributed by atoms with Crippen LogP contribution in [0.1, 0.15) is 22.9 Å². The van der Waals surface area contributed by atoms with Gasteiger partial charge in [0.25, 0.3) is 0 Å².